The lowest BCUT2D eigenvalue weighted by atomic mass is 9.85. The zero-order chi connectivity index (χ0) is 13.5. The molecule has 2 fully saturated rings. The van der Waals surface area contributed by atoms with Gasteiger partial charge in [0.25, 0.3) is 0 Å². The van der Waals surface area contributed by atoms with Crippen LogP contribution in [0.15, 0.2) is 18.2 Å². The number of anilines is 1. The predicted octanol–water partition coefficient (Wildman–Crippen LogP) is 0.196. The highest BCUT2D eigenvalue weighted by atomic mass is 16.2. The highest BCUT2D eigenvalue weighted by Gasteiger charge is 2.51. The number of nitrogens with zero attached hydrogens (tertiary/aromatic N) is 3. The van der Waals surface area contributed by atoms with Crippen LogP contribution in [0.3, 0.4) is 0 Å². The van der Waals surface area contributed by atoms with E-state index in [0.29, 0.717) is 31.0 Å². The van der Waals surface area contributed by atoms with Gasteiger partial charge in [0.1, 0.15) is 17.6 Å². The van der Waals surface area contributed by atoms with Crippen molar-refractivity contribution >= 4 is 17.6 Å². The molecule has 19 heavy (non-hydrogen) atoms. The molecule has 2 amide bonds. The molecule has 6 heteroatoms. The molecular weight excluding hydrogens is 244 g/mol. The van der Waals surface area contributed by atoms with E-state index in [4.69, 9.17) is 5.26 Å². The summed E-state index contributed by atoms with van der Waals surface area (Å²) >= 11 is 0. The predicted molar refractivity (Wildman–Crippen MR) is 66.0 cm³/mol. The first-order valence-corrected chi connectivity index (χ1v) is 6.09. The average Bonchev–Trinajstić information content (AvgIpc) is 2.95. The number of nitriles is 1. The maximum absolute atomic E-state index is 11.9. The van der Waals surface area contributed by atoms with Crippen LogP contribution in [-0.2, 0) is 9.59 Å². The Balaban J connectivity index is 1.84. The second-order valence-electron chi connectivity index (χ2n) is 5.00. The van der Waals surface area contributed by atoms with Crippen LogP contribution in [0.25, 0.3) is 0 Å². The number of amides is 2. The maximum Gasteiger partial charge on any atom is 0.235 e. The molecule has 1 aromatic rings. The van der Waals surface area contributed by atoms with E-state index in [-0.39, 0.29) is 18.2 Å². The molecule has 3 heterocycles. The molecule has 0 radical (unpaired) electrons. The fraction of sp³-hybridized carbons (Fsp3) is 0.385. The SMILES string of the molecule is N#Cc1cccc(N2CCC3(CC(=O)NC3=O)C2)n1. The Morgan fingerprint density at radius 2 is 2.26 bits per heavy atom. The highest BCUT2D eigenvalue weighted by Crippen LogP contribution is 2.38. The largest absolute Gasteiger partial charge is 0.355 e. The fourth-order valence-corrected chi connectivity index (χ4v) is 2.75. The van der Waals surface area contributed by atoms with Crippen LogP contribution in [0.1, 0.15) is 18.5 Å². The third-order valence-corrected chi connectivity index (χ3v) is 3.76. The summed E-state index contributed by atoms with van der Waals surface area (Å²) < 4.78 is 0. The standard InChI is InChI=1S/C13H12N4O2/c14-7-9-2-1-3-10(15-9)17-5-4-13(8-17)6-11(18)16-12(13)19/h1-3H,4-6,8H2,(H,16,18,19). The van der Waals surface area contributed by atoms with Crippen LogP contribution in [0.5, 0.6) is 0 Å². The molecule has 6 nitrogen and oxygen atoms in total. The van der Waals surface area contributed by atoms with Crippen molar-refractivity contribution in [3.63, 3.8) is 0 Å². The molecule has 1 spiro atoms. The lowest BCUT2D eigenvalue weighted by molar-refractivity contribution is -0.127. The van der Waals surface area contributed by atoms with Gasteiger partial charge in [-0.3, -0.25) is 14.9 Å². The van der Waals surface area contributed by atoms with Crippen molar-refractivity contribution in [2.75, 3.05) is 18.0 Å². The smallest absolute Gasteiger partial charge is 0.235 e. The number of imide groups is 1. The van der Waals surface area contributed by atoms with E-state index in [1.165, 1.54) is 0 Å². The quantitative estimate of drug-likeness (QED) is 0.725. The summed E-state index contributed by atoms with van der Waals surface area (Å²) in [6, 6.07) is 7.22. The number of pyridine rings is 1. The van der Waals surface area contributed by atoms with Gasteiger partial charge in [0.05, 0.1) is 5.41 Å². The first-order valence-electron chi connectivity index (χ1n) is 6.09. The number of hydrogen-bond acceptors (Lipinski definition) is 5. The number of rotatable bonds is 1. The van der Waals surface area contributed by atoms with Crippen LogP contribution >= 0.6 is 0 Å². The second-order valence-corrected chi connectivity index (χ2v) is 5.00. The topological polar surface area (TPSA) is 86.1 Å². The molecule has 2 aliphatic rings. The summed E-state index contributed by atoms with van der Waals surface area (Å²) in [5.74, 6) is 0.296. The molecule has 3 rings (SSSR count). The van der Waals surface area contributed by atoms with Gasteiger partial charge in [0.15, 0.2) is 0 Å². The van der Waals surface area contributed by atoms with Crippen molar-refractivity contribution in [2.24, 2.45) is 5.41 Å². The van der Waals surface area contributed by atoms with Gasteiger partial charge in [-0.2, -0.15) is 5.26 Å². The first kappa shape index (κ1) is 11.7. The molecule has 1 N–H and O–H groups in total. The fourth-order valence-electron chi connectivity index (χ4n) is 2.75. The number of carbonyl (C=O) groups excluding carboxylic acids is 2. The average molecular weight is 256 g/mol. The van der Waals surface area contributed by atoms with Crippen molar-refractivity contribution in [1.82, 2.24) is 10.3 Å². The molecule has 2 saturated heterocycles. The van der Waals surface area contributed by atoms with Gasteiger partial charge in [-0.1, -0.05) is 6.07 Å². The van der Waals surface area contributed by atoms with E-state index in [2.05, 4.69) is 10.3 Å². The van der Waals surface area contributed by atoms with Gasteiger partial charge in [0, 0.05) is 19.5 Å². The second kappa shape index (κ2) is 4.05. The lowest BCUT2D eigenvalue weighted by Crippen LogP contribution is -2.34. The third-order valence-electron chi connectivity index (χ3n) is 3.76. The summed E-state index contributed by atoms with van der Waals surface area (Å²) in [6.07, 6.45) is 0.892. The van der Waals surface area contributed by atoms with E-state index < -0.39 is 5.41 Å². The van der Waals surface area contributed by atoms with Gasteiger partial charge in [-0.25, -0.2) is 4.98 Å². The zero-order valence-electron chi connectivity index (χ0n) is 10.2. The number of aromatic nitrogens is 1. The normalized spacial score (nSPS) is 25.7. The Bertz CT molecular complexity index is 607. The molecule has 1 atom stereocenters. The minimum atomic E-state index is -0.610. The van der Waals surface area contributed by atoms with Crippen LogP contribution in [0.2, 0.25) is 0 Å². The van der Waals surface area contributed by atoms with Crippen LogP contribution < -0.4 is 10.2 Å². The van der Waals surface area contributed by atoms with E-state index in [0.717, 1.165) is 0 Å². The number of nitrogens with one attached hydrogen (secondary N) is 1. The summed E-state index contributed by atoms with van der Waals surface area (Å²) in [4.78, 5) is 29.4. The van der Waals surface area contributed by atoms with Crippen molar-refractivity contribution in [3.05, 3.63) is 23.9 Å². The lowest BCUT2D eigenvalue weighted by Gasteiger charge is -2.21. The monoisotopic (exact) mass is 256 g/mol. The Morgan fingerprint density at radius 1 is 1.42 bits per heavy atom. The highest BCUT2D eigenvalue weighted by molar-refractivity contribution is 6.06. The summed E-state index contributed by atoms with van der Waals surface area (Å²) in [5, 5.41) is 11.2. The van der Waals surface area contributed by atoms with Crippen LogP contribution in [-0.4, -0.2) is 29.9 Å². The van der Waals surface area contributed by atoms with Gasteiger partial charge >= 0.3 is 0 Å². The van der Waals surface area contributed by atoms with Crippen LogP contribution in [0.4, 0.5) is 5.82 Å². The Morgan fingerprint density at radius 3 is 2.95 bits per heavy atom. The van der Waals surface area contributed by atoms with E-state index >= 15 is 0 Å². The third kappa shape index (κ3) is 1.83. The zero-order valence-corrected chi connectivity index (χ0v) is 10.2. The molecule has 1 unspecified atom stereocenters. The van der Waals surface area contributed by atoms with E-state index in [1.807, 2.05) is 17.0 Å². The molecule has 0 saturated carbocycles. The summed E-state index contributed by atoms with van der Waals surface area (Å²) in [5.41, 5.74) is -0.257. The number of carbonyl (C=O) groups is 2. The molecule has 1 aromatic heterocycles. The molecule has 0 aromatic carbocycles. The van der Waals surface area contributed by atoms with E-state index in [1.54, 1.807) is 12.1 Å². The molecule has 0 aliphatic carbocycles. The Kier molecular flexibility index (Phi) is 2.49. The molecule has 96 valence electrons. The first-order chi connectivity index (χ1) is 9.13. The molecular formula is C13H12N4O2. The number of hydrogen-bond donors (Lipinski definition) is 1. The minimum absolute atomic E-state index is 0.184. The van der Waals surface area contributed by atoms with Gasteiger partial charge < -0.3 is 4.90 Å². The molecule has 2 aliphatic heterocycles. The van der Waals surface area contributed by atoms with Gasteiger partial charge in [0.2, 0.25) is 11.8 Å². The Hall–Kier alpha value is -2.42. The van der Waals surface area contributed by atoms with Crippen LogP contribution in [0, 0.1) is 16.7 Å². The summed E-state index contributed by atoms with van der Waals surface area (Å²) in [7, 11) is 0. The van der Waals surface area contributed by atoms with Crippen molar-refractivity contribution in [1.29, 1.82) is 5.26 Å². The maximum atomic E-state index is 11.9. The van der Waals surface area contributed by atoms with Gasteiger partial charge in [-0.15, -0.1) is 0 Å². The van der Waals surface area contributed by atoms with Crippen molar-refractivity contribution in [2.45, 2.75) is 12.8 Å². The van der Waals surface area contributed by atoms with Crippen molar-refractivity contribution < 1.29 is 9.59 Å². The minimum Gasteiger partial charge on any atom is -0.355 e. The summed E-state index contributed by atoms with van der Waals surface area (Å²) in [6.45, 7) is 1.15. The van der Waals surface area contributed by atoms with Crippen molar-refractivity contribution in [3.8, 4) is 6.07 Å². The molecule has 0 bridgehead atoms. The van der Waals surface area contributed by atoms with Gasteiger partial charge in [-0.05, 0) is 18.6 Å². The van der Waals surface area contributed by atoms with E-state index in [9.17, 15) is 9.59 Å². The Labute approximate surface area is 110 Å².